The van der Waals surface area contributed by atoms with Gasteiger partial charge in [-0.1, -0.05) is 48.9 Å². The van der Waals surface area contributed by atoms with E-state index in [0.717, 1.165) is 21.0 Å². The Labute approximate surface area is 244 Å². The van der Waals surface area contributed by atoms with Crippen molar-refractivity contribution in [1.82, 2.24) is 10.2 Å². The second-order valence-electron chi connectivity index (χ2n) is 11.2. The van der Waals surface area contributed by atoms with Gasteiger partial charge in [0.15, 0.2) is 0 Å². The number of ether oxygens (including phenoxy) is 1. The average molecular weight is 580 g/mol. The quantitative estimate of drug-likeness (QED) is 0.336. The Hall–Kier alpha value is -3.85. The SMILES string of the molecule is CCC(C(=O)NC(C)(C)C)N(Cc1cccc(OC)c1)C(=O)CN(c1cccc(C)c1)S(=O)(=O)c1ccc(C)cc1. The molecule has 1 unspecified atom stereocenters. The van der Waals surface area contributed by atoms with Crippen LogP contribution in [0.1, 0.15) is 50.8 Å². The van der Waals surface area contributed by atoms with E-state index in [1.165, 1.54) is 17.0 Å². The number of carbonyl (C=O) groups is 2. The van der Waals surface area contributed by atoms with Gasteiger partial charge in [0.1, 0.15) is 18.3 Å². The minimum Gasteiger partial charge on any atom is -0.497 e. The molecule has 3 aromatic carbocycles. The molecule has 9 heteroatoms. The van der Waals surface area contributed by atoms with Gasteiger partial charge in [-0.3, -0.25) is 13.9 Å². The number of carbonyl (C=O) groups excluding carboxylic acids is 2. The fraction of sp³-hybridized carbons (Fsp3) is 0.375. The van der Waals surface area contributed by atoms with Crippen LogP contribution in [-0.2, 0) is 26.2 Å². The van der Waals surface area contributed by atoms with Gasteiger partial charge in [-0.05, 0) is 88.6 Å². The third-order valence-electron chi connectivity index (χ3n) is 6.55. The highest BCUT2D eigenvalue weighted by Crippen LogP contribution is 2.26. The summed E-state index contributed by atoms with van der Waals surface area (Å²) in [5.41, 5.74) is 2.37. The molecule has 0 heterocycles. The number of hydrogen-bond donors (Lipinski definition) is 1. The Bertz CT molecular complexity index is 1460. The lowest BCUT2D eigenvalue weighted by Gasteiger charge is -2.35. The average Bonchev–Trinajstić information content (AvgIpc) is 2.90. The zero-order valence-corrected chi connectivity index (χ0v) is 25.8. The Morgan fingerprint density at radius 2 is 1.59 bits per heavy atom. The van der Waals surface area contributed by atoms with Crippen molar-refractivity contribution < 1.29 is 22.7 Å². The van der Waals surface area contributed by atoms with Crippen molar-refractivity contribution in [3.63, 3.8) is 0 Å². The lowest BCUT2D eigenvalue weighted by atomic mass is 10.1. The van der Waals surface area contributed by atoms with Crippen molar-refractivity contribution in [2.45, 2.75) is 71.0 Å². The van der Waals surface area contributed by atoms with Crippen LogP contribution in [0.4, 0.5) is 5.69 Å². The van der Waals surface area contributed by atoms with Crippen molar-refractivity contribution in [2.75, 3.05) is 18.0 Å². The third kappa shape index (κ3) is 8.33. The first-order valence-corrected chi connectivity index (χ1v) is 15.1. The van der Waals surface area contributed by atoms with Gasteiger partial charge in [0.2, 0.25) is 11.8 Å². The first kappa shape index (κ1) is 31.7. The van der Waals surface area contributed by atoms with E-state index in [0.29, 0.717) is 17.9 Å². The van der Waals surface area contributed by atoms with Crippen LogP contribution in [0.5, 0.6) is 5.75 Å². The van der Waals surface area contributed by atoms with Crippen LogP contribution in [0.3, 0.4) is 0 Å². The molecule has 0 saturated heterocycles. The molecule has 0 aliphatic carbocycles. The number of sulfonamides is 1. The smallest absolute Gasteiger partial charge is 0.264 e. The molecule has 0 spiro atoms. The zero-order chi connectivity index (χ0) is 30.4. The van der Waals surface area contributed by atoms with E-state index in [2.05, 4.69) is 5.32 Å². The number of amides is 2. The van der Waals surface area contributed by atoms with Crippen molar-refractivity contribution in [2.24, 2.45) is 0 Å². The van der Waals surface area contributed by atoms with Crippen molar-refractivity contribution in [3.05, 3.63) is 89.5 Å². The van der Waals surface area contributed by atoms with Gasteiger partial charge in [0, 0.05) is 12.1 Å². The second kappa shape index (κ2) is 13.2. The van der Waals surface area contributed by atoms with Crippen molar-refractivity contribution >= 4 is 27.5 Å². The summed E-state index contributed by atoms with van der Waals surface area (Å²) in [5.74, 6) is -0.189. The molecule has 0 bridgehead atoms. The summed E-state index contributed by atoms with van der Waals surface area (Å²) in [6.45, 7) is 10.8. The van der Waals surface area contributed by atoms with Gasteiger partial charge in [0.25, 0.3) is 10.0 Å². The molecule has 0 aromatic heterocycles. The third-order valence-corrected chi connectivity index (χ3v) is 8.34. The van der Waals surface area contributed by atoms with Gasteiger partial charge in [-0.15, -0.1) is 0 Å². The van der Waals surface area contributed by atoms with Crippen LogP contribution in [0.25, 0.3) is 0 Å². The first-order valence-electron chi connectivity index (χ1n) is 13.7. The number of nitrogens with zero attached hydrogens (tertiary/aromatic N) is 2. The maximum atomic E-state index is 14.2. The first-order chi connectivity index (χ1) is 19.2. The maximum absolute atomic E-state index is 14.2. The molecule has 0 aliphatic heterocycles. The summed E-state index contributed by atoms with van der Waals surface area (Å²) in [6.07, 6.45) is 0.340. The lowest BCUT2D eigenvalue weighted by molar-refractivity contribution is -0.141. The van der Waals surface area contributed by atoms with E-state index in [-0.39, 0.29) is 17.3 Å². The number of nitrogens with one attached hydrogen (secondary N) is 1. The predicted molar refractivity (Wildman–Crippen MR) is 162 cm³/mol. The van der Waals surface area contributed by atoms with E-state index >= 15 is 0 Å². The fourth-order valence-electron chi connectivity index (χ4n) is 4.49. The topological polar surface area (TPSA) is 96.0 Å². The lowest BCUT2D eigenvalue weighted by Crippen LogP contribution is -2.55. The van der Waals surface area contributed by atoms with Crippen LogP contribution < -0.4 is 14.4 Å². The molecule has 3 aromatic rings. The number of anilines is 1. The summed E-state index contributed by atoms with van der Waals surface area (Å²) >= 11 is 0. The van der Waals surface area contributed by atoms with Crippen LogP contribution in [0.2, 0.25) is 0 Å². The minimum absolute atomic E-state index is 0.0780. The number of methoxy groups -OCH3 is 1. The van der Waals surface area contributed by atoms with E-state index in [1.54, 1.807) is 49.6 Å². The van der Waals surface area contributed by atoms with Crippen LogP contribution in [0, 0.1) is 13.8 Å². The monoisotopic (exact) mass is 579 g/mol. The molecular weight excluding hydrogens is 538 g/mol. The molecule has 0 radical (unpaired) electrons. The van der Waals surface area contributed by atoms with E-state index < -0.39 is 34.1 Å². The number of aryl methyl sites for hydroxylation is 2. The Morgan fingerprint density at radius 3 is 2.17 bits per heavy atom. The molecule has 3 rings (SSSR count). The van der Waals surface area contributed by atoms with Crippen LogP contribution in [-0.4, -0.2) is 50.4 Å². The summed E-state index contributed by atoms with van der Waals surface area (Å²) in [4.78, 5) is 29.2. The van der Waals surface area contributed by atoms with Gasteiger partial charge in [-0.2, -0.15) is 0 Å². The van der Waals surface area contributed by atoms with Crippen molar-refractivity contribution in [1.29, 1.82) is 0 Å². The summed E-state index contributed by atoms with van der Waals surface area (Å²) < 4.78 is 34.4. The normalized spacial score (nSPS) is 12.4. The molecular formula is C32H41N3O5S. The highest BCUT2D eigenvalue weighted by Gasteiger charge is 2.34. The highest BCUT2D eigenvalue weighted by molar-refractivity contribution is 7.92. The summed E-state index contributed by atoms with van der Waals surface area (Å²) in [5, 5.41) is 2.98. The predicted octanol–water partition coefficient (Wildman–Crippen LogP) is 5.23. The second-order valence-corrected chi connectivity index (χ2v) is 13.1. The van der Waals surface area contributed by atoms with Crippen LogP contribution in [0.15, 0.2) is 77.7 Å². The molecule has 0 fully saturated rings. The van der Waals surface area contributed by atoms with Gasteiger partial charge in [-0.25, -0.2) is 8.42 Å². The molecule has 8 nitrogen and oxygen atoms in total. The standard InChI is InChI=1S/C32H41N3O5S/c1-8-29(31(37)33-32(4,5)6)34(21-25-12-10-14-27(20-25)40-7)30(36)22-35(26-13-9-11-24(3)19-26)41(38,39)28-17-15-23(2)16-18-28/h9-20,29H,8,21-22H2,1-7H3,(H,33,37). The zero-order valence-electron chi connectivity index (χ0n) is 25.0. The molecule has 1 atom stereocenters. The summed E-state index contributed by atoms with van der Waals surface area (Å²) in [6, 6.07) is 20.0. The fourth-order valence-corrected chi connectivity index (χ4v) is 5.90. The Balaban J connectivity index is 2.08. The highest BCUT2D eigenvalue weighted by atomic mass is 32.2. The summed E-state index contributed by atoms with van der Waals surface area (Å²) in [7, 11) is -2.56. The molecule has 1 N–H and O–H groups in total. The molecule has 0 saturated carbocycles. The molecule has 41 heavy (non-hydrogen) atoms. The van der Waals surface area contributed by atoms with Crippen molar-refractivity contribution in [3.8, 4) is 5.75 Å². The molecule has 2 amide bonds. The Morgan fingerprint density at radius 1 is 0.927 bits per heavy atom. The van der Waals surface area contributed by atoms with E-state index in [4.69, 9.17) is 4.74 Å². The van der Waals surface area contributed by atoms with E-state index in [1.807, 2.05) is 59.7 Å². The molecule has 0 aliphatic rings. The largest absolute Gasteiger partial charge is 0.497 e. The number of benzene rings is 3. The Kier molecular flexibility index (Phi) is 10.2. The van der Waals surface area contributed by atoms with E-state index in [9.17, 15) is 18.0 Å². The van der Waals surface area contributed by atoms with Gasteiger partial charge < -0.3 is 15.0 Å². The number of hydrogen-bond acceptors (Lipinski definition) is 5. The maximum Gasteiger partial charge on any atom is 0.264 e. The van der Waals surface area contributed by atoms with Gasteiger partial charge in [0.05, 0.1) is 17.7 Å². The van der Waals surface area contributed by atoms with Gasteiger partial charge >= 0.3 is 0 Å². The molecule has 220 valence electrons. The number of rotatable bonds is 11. The minimum atomic E-state index is -4.12. The van der Waals surface area contributed by atoms with Crippen LogP contribution >= 0.6 is 0 Å².